The van der Waals surface area contributed by atoms with Crippen LogP contribution in [0, 0.1) is 0 Å². The Morgan fingerprint density at radius 3 is 2.70 bits per heavy atom. The predicted molar refractivity (Wildman–Crippen MR) is 129 cm³/mol. The number of ether oxygens (including phenoxy) is 1. The molecule has 0 spiro atoms. The molecule has 0 saturated carbocycles. The lowest BCUT2D eigenvalue weighted by atomic mass is 9.99. The molecule has 1 unspecified atom stereocenters. The number of piperidine rings is 1. The Morgan fingerprint density at radius 1 is 1.40 bits per heavy atom. The van der Waals surface area contributed by atoms with Crippen LogP contribution in [0.2, 0.25) is 0 Å². The van der Waals surface area contributed by atoms with Gasteiger partial charge < -0.3 is 24.8 Å². The number of halogens is 1. The van der Waals surface area contributed by atoms with Gasteiger partial charge in [-0.2, -0.15) is 0 Å². The van der Waals surface area contributed by atoms with Gasteiger partial charge >= 0.3 is 6.09 Å². The summed E-state index contributed by atoms with van der Waals surface area (Å²) in [6, 6.07) is 2.14. The Morgan fingerprint density at radius 2 is 2.10 bits per heavy atom. The first kappa shape index (κ1) is 26.5. The zero-order valence-corrected chi connectivity index (χ0v) is 21.5. The van der Waals surface area contributed by atoms with E-state index in [-0.39, 0.29) is 36.1 Å². The van der Waals surface area contributed by atoms with Crippen molar-refractivity contribution in [2.45, 2.75) is 84.4 Å². The van der Waals surface area contributed by atoms with Crippen LogP contribution in [0.3, 0.4) is 0 Å². The molecule has 172 valence electrons. The maximum absolute atomic E-state index is 12.3. The van der Waals surface area contributed by atoms with Crippen LogP contribution in [-0.2, 0) is 11.3 Å². The van der Waals surface area contributed by atoms with Crippen molar-refractivity contribution in [3.63, 3.8) is 0 Å². The van der Waals surface area contributed by atoms with Crippen LogP contribution in [-0.4, -0.2) is 53.9 Å². The van der Waals surface area contributed by atoms with Crippen molar-refractivity contribution in [3.8, 4) is 0 Å². The minimum Gasteiger partial charge on any atom is -0.444 e. The van der Waals surface area contributed by atoms with E-state index in [4.69, 9.17) is 9.26 Å². The average Bonchev–Trinajstić information content (AvgIpc) is 3.14. The molecule has 0 bridgehead atoms. The molecular formula is C21H38IN5O3. The summed E-state index contributed by atoms with van der Waals surface area (Å²) >= 11 is 0. The van der Waals surface area contributed by atoms with E-state index >= 15 is 0 Å². The van der Waals surface area contributed by atoms with Gasteiger partial charge in [0.2, 0.25) is 0 Å². The smallest absolute Gasteiger partial charge is 0.410 e. The van der Waals surface area contributed by atoms with Crippen LogP contribution in [0.25, 0.3) is 0 Å². The lowest BCUT2D eigenvalue weighted by molar-refractivity contribution is 0.0193. The normalized spacial score (nSPS) is 17.5. The summed E-state index contributed by atoms with van der Waals surface area (Å²) < 4.78 is 11.0. The fraction of sp³-hybridized carbons (Fsp3) is 0.762. The fourth-order valence-corrected chi connectivity index (χ4v) is 3.46. The Balaban J connectivity index is 0.00000450. The number of guanidine groups is 1. The standard InChI is InChI=1S/C21H37N5O3.HI/c1-7-15(8-2)18-12-17(29-25-18)13-23-19(22-6)24-16-10-9-11-26(14-16)20(27)28-21(3,4)5;/h12,15-16H,7-11,13-14H2,1-6H3,(H2,22,23,24);1H. The van der Waals surface area contributed by atoms with E-state index in [1.165, 1.54) is 0 Å². The summed E-state index contributed by atoms with van der Waals surface area (Å²) in [6.45, 7) is 11.8. The Bertz CT molecular complexity index is 682. The molecular weight excluding hydrogens is 497 g/mol. The van der Waals surface area contributed by atoms with Gasteiger partial charge in [-0.15, -0.1) is 24.0 Å². The number of rotatable bonds is 6. The van der Waals surface area contributed by atoms with Gasteiger partial charge in [-0.1, -0.05) is 19.0 Å². The van der Waals surface area contributed by atoms with E-state index < -0.39 is 5.60 Å². The molecule has 1 saturated heterocycles. The van der Waals surface area contributed by atoms with Crippen LogP contribution < -0.4 is 10.6 Å². The second-order valence-electron chi connectivity index (χ2n) is 8.57. The van der Waals surface area contributed by atoms with E-state index in [9.17, 15) is 4.79 Å². The minimum atomic E-state index is -0.487. The Kier molecular flexibility index (Phi) is 10.9. The van der Waals surface area contributed by atoms with Gasteiger partial charge in [0.1, 0.15) is 5.60 Å². The fourth-order valence-electron chi connectivity index (χ4n) is 3.46. The number of hydrogen-bond donors (Lipinski definition) is 2. The number of amides is 1. The highest BCUT2D eigenvalue weighted by molar-refractivity contribution is 14.0. The lowest BCUT2D eigenvalue weighted by Gasteiger charge is -2.35. The molecule has 2 rings (SSSR count). The first-order chi connectivity index (χ1) is 13.8. The number of nitrogens with one attached hydrogen (secondary N) is 2. The number of likely N-dealkylation sites (tertiary alicyclic amines) is 1. The largest absolute Gasteiger partial charge is 0.444 e. The summed E-state index contributed by atoms with van der Waals surface area (Å²) in [7, 11) is 1.74. The van der Waals surface area contributed by atoms with Crippen molar-refractivity contribution in [1.29, 1.82) is 0 Å². The van der Waals surface area contributed by atoms with Crippen molar-refractivity contribution in [3.05, 3.63) is 17.5 Å². The van der Waals surface area contributed by atoms with Gasteiger partial charge in [-0.3, -0.25) is 4.99 Å². The van der Waals surface area contributed by atoms with Gasteiger partial charge in [0.25, 0.3) is 0 Å². The lowest BCUT2D eigenvalue weighted by Crippen LogP contribution is -2.53. The Hall–Kier alpha value is -1.52. The van der Waals surface area contributed by atoms with Crippen LogP contribution in [0.15, 0.2) is 15.6 Å². The molecule has 0 aliphatic carbocycles. The van der Waals surface area contributed by atoms with E-state index in [0.29, 0.717) is 25.0 Å². The second-order valence-corrected chi connectivity index (χ2v) is 8.57. The van der Waals surface area contributed by atoms with Crippen molar-refractivity contribution in [1.82, 2.24) is 20.7 Å². The highest BCUT2D eigenvalue weighted by Crippen LogP contribution is 2.22. The molecule has 1 amide bonds. The third-order valence-electron chi connectivity index (χ3n) is 5.05. The molecule has 1 aliphatic heterocycles. The first-order valence-corrected chi connectivity index (χ1v) is 10.7. The number of nitrogens with zero attached hydrogens (tertiary/aromatic N) is 3. The highest BCUT2D eigenvalue weighted by atomic mass is 127. The second kappa shape index (κ2) is 12.4. The zero-order valence-electron chi connectivity index (χ0n) is 19.2. The molecule has 2 heterocycles. The maximum Gasteiger partial charge on any atom is 0.410 e. The molecule has 1 aromatic rings. The summed E-state index contributed by atoms with van der Waals surface area (Å²) in [5, 5.41) is 10.9. The minimum absolute atomic E-state index is 0. The number of carbonyl (C=O) groups is 1. The van der Waals surface area contributed by atoms with E-state index in [2.05, 4.69) is 34.6 Å². The third kappa shape index (κ3) is 8.31. The molecule has 2 N–H and O–H groups in total. The third-order valence-corrected chi connectivity index (χ3v) is 5.05. The molecule has 1 aliphatic rings. The van der Waals surface area contributed by atoms with Crippen molar-refractivity contribution in [2.75, 3.05) is 20.1 Å². The van der Waals surface area contributed by atoms with Crippen molar-refractivity contribution >= 4 is 36.0 Å². The molecule has 1 atom stereocenters. The number of carbonyl (C=O) groups excluding carboxylic acids is 1. The molecule has 8 nitrogen and oxygen atoms in total. The van der Waals surface area contributed by atoms with Crippen LogP contribution >= 0.6 is 24.0 Å². The first-order valence-electron chi connectivity index (χ1n) is 10.7. The molecule has 0 radical (unpaired) electrons. The molecule has 1 aromatic heterocycles. The number of aromatic nitrogens is 1. The van der Waals surface area contributed by atoms with Crippen LogP contribution in [0.5, 0.6) is 0 Å². The van der Waals surface area contributed by atoms with Crippen molar-refractivity contribution < 1.29 is 14.1 Å². The monoisotopic (exact) mass is 535 g/mol. The average molecular weight is 535 g/mol. The van der Waals surface area contributed by atoms with E-state index in [1.807, 2.05) is 26.8 Å². The van der Waals surface area contributed by atoms with Gasteiger partial charge in [0, 0.05) is 38.2 Å². The van der Waals surface area contributed by atoms with Gasteiger partial charge in [0.15, 0.2) is 11.7 Å². The quantitative estimate of drug-likeness (QED) is 0.322. The van der Waals surface area contributed by atoms with Gasteiger partial charge in [-0.25, -0.2) is 4.79 Å². The molecule has 9 heteroatoms. The molecule has 0 aromatic carbocycles. The summed E-state index contributed by atoms with van der Waals surface area (Å²) in [6.07, 6.45) is 3.74. The van der Waals surface area contributed by atoms with E-state index in [1.54, 1.807) is 11.9 Å². The van der Waals surface area contributed by atoms with Crippen LogP contribution in [0.1, 0.15) is 77.7 Å². The summed E-state index contributed by atoms with van der Waals surface area (Å²) in [5.74, 6) is 1.90. The molecule has 1 fully saturated rings. The summed E-state index contributed by atoms with van der Waals surface area (Å²) in [5.41, 5.74) is 0.523. The highest BCUT2D eigenvalue weighted by Gasteiger charge is 2.28. The Labute approximate surface area is 197 Å². The van der Waals surface area contributed by atoms with E-state index in [0.717, 1.165) is 43.7 Å². The zero-order chi connectivity index (χ0) is 21.4. The summed E-state index contributed by atoms with van der Waals surface area (Å²) in [4.78, 5) is 18.4. The van der Waals surface area contributed by atoms with Gasteiger partial charge in [-0.05, 0) is 46.5 Å². The number of hydrogen-bond acceptors (Lipinski definition) is 5. The predicted octanol–water partition coefficient (Wildman–Crippen LogP) is 4.26. The molecule has 30 heavy (non-hydrogen) atoms. The van der Waals surface area contributed by atoms with Crippen molar-refractivity contribution in [2.24, 2.45) is 4.99 Å². The SMILES string of the molecule is CCC(CC)c1cc(CNC(=NC)NC2CCCN(C(=O)OC(C)(C)C)C2)on1.I. The topological polar surface area (TPSA) is 92.0 Å². The number of aliphatic imine (C=N–C) groups is 1. The van der Waals surface area contributed by atoms with Crippen LogP contribution in [0.4, 0.5) is 4.79 Å². The maximum atomic E-state index is 12.3. The van der Waals surface area contributed by atoms with Gasteiger partial charge in [0.05, 0.1) is 12.2 Å².